The maximum Gasteiger partial charge on any atom is 0.175 e. The number of rotatable bonds is 5. The van der Waals surface area contributed by atoms with Crippen LogP contribution in [0.1, 0.15) is 30.6 Å². The number of fused-ring (bicyclic) bond motifs is 1. The van der Waals surface area contributed by atoms with Crippen molar-refractivity contribution in [1.82, 2.24) is 20.1 Å². The second-order valence-electron chi connectivity index (χ2n) is 6.03. The quantitative estimate of drug-likeness (QED) is 0.893. The van der Waals surface area contributed by atoms with Gasteiger partial charge in [0.25, 0.3) is 0 Å². The first-order valence-corrected chi connectivity index (χ1v) is 9.80. The minimum Gasteiger partial charge on any atom is -0.313 e. The molecule has 0 fully saturated rings. The van der Waals surface area contributed by atoms with E-state index >= 15 is 0 Å². The van der Waals surface area contributed by atoms with Gasteiger partial charge in [-0.05, 0) is 24.1 Å². The standard InChI is InChI=1S/C16H22N4O2S/c1-3-15-18-19-16-9-6-13(11-20(15)16)17-10-12-4-7-14(8-5-12)23(2,21)22/h4-5,7-8,13,17H,3,6,9-11H2,1-2H3. The third-order valence-corrected chi connectivity index (χ3v) is 5.41. The Labute approximate surface area is 136 Å². The molecule has 3 rings (SSSR count). The van der Waals surface area contributed by atoms with E-state index in [2.05, 4.69) is 27.0 Å². The van der Waals surface area contributed by atoms with Gasteiger partial charge in [0.05, 0.1) is 4.90 Å². The van der Waals surface area contributed by atoms with E-state index in [4.69, 9.17) is 0 Å². The molecule has 1 aromatic carbocycles. The second-order valence-corrected chi connectivity index (χ2v) is 8.04. The first-order chi connectivity index (χ1) is 11.0. The number of benzene rings is 1. The summed E-state index contributed by atoms with van der Waals surface area (Å²) in [5, 5.41) is 12.0. The predicted octanol–water partition coefficient (Wildman–Crippen LogP) is 1.35. The maximum atomic E-state index is 11.5. The highest BCUT2D eigenvalue weighted by Crippen LogP contribution is 2.16. The third-order valence-electron chi connectivity index (χ3n) is 4.29. The van der Waals surface area contributed by atoms with Gasteiger partial charge in [-0.25, -0.2) is 8.42 Å². The van der Waals surface area contributed by atoms with E-state index in [1.54, 1.807) is 12.1 Å². The molecule has 0 radical (unpaired) electrons. The SMILES string of the molecule is CCc1nnc2n1CC(NCc1ccc(S(C)(=O)=O)cc1)CC2. The number of hydrogen-bond acceptors (Lipinski definition) is 5. The third kappa shape index (κ3) is 3.61. The van der Waals surface area contributed by atoms with E-state index < -0.39 is 9.84 Å². The summed E-state index contributed by atoms with van der Waals surface area (Å²) in [7, 11) is -3.13. The Morgan fingerprint density at radius 3 is 2.65 bits per heavy atom. The van der Waals surface area contributed by atoms with Crippen molar-refractivity contribution >= 4 is 9.84 Å². The minimum absolute atomic E-state index is 0.362. The van der Waals surface area contributed by atoms with Crippen LogP contribution in [0, 0.1) is 0 Å². The van der Waals surface area contributed by atoms with E-state index in [0.29, 0.717) is 10.9 Å². The van der Waals surface area contributed by atoms with Crippen molar-refractivity contribution in [1.29, 1.82) is 0 Å². The highest BCUT2D eigenvalue weighted by atomic mass is 32.2. The van der Waals surface area contributed by atoms with Crippen LogP contribution in [0.5, 0.6) is 0 Å². The van der Waals surface area contributed by atoms with Crippen LogP contribution in [-0.2, 0) is 35.8 Å². The lowest BCUT2D eigenvalue weighted by Gasteiger charge is -2.25. The number of aryl methyl sites for hydroxylation is 2. The maximum absolute atomic E-state index is 11.5. The summed E-state index contributed by atoms with van der Waals surface area (Å²) < 4.78 is 25.2. The van der Waals surface area contributed by atoms with Crippen LogP contribution in [-0.4, -0.2) is 35.5 Å². The van der Waals surface area contributed by atoms with Gasteiger partial charge in [-0.2, -0.15) is 0 Å². The van der Waals surface area contributed by atoms with Crippen molar-refractivity contribution in [3.05, 3.63) is 41.5 Å². The van der Waals surface area contributed by atoms with Crippen LogP contribution in [0.4, 0.5) is 0 Å². The Kier molecular flexibility index (Phi) is 4.50. The van der Waals surface area contributed by atoms with E-state index in [1.807, 2.05) is 12.1 Å². The normalized spacial score (nSPS) is 17.9. The Hall–Kier alpha value is -1.73. The van der Waals surface area contributed by atoms with Crippen LogP contribution in [0.3, 0.4) is 0 Å². The van der Waals surface area contributed by atoms with E-state index in [-0.39, 0.29) is 0 Å². The summed E-state index contributed by atoms with van der Waals surface area (Å²) in [6, 6.07) is 7.46. The molecule has 1 atom stereocenters. The van der Waals surface area contributed by atoms with Crippen LogP contribution < -0.4 is 5.32 Å². The fraction of sp³-hybridized carbons (Fsp3) is 0.500. The van der Waals surface area contributed by atoms with E-state index in [0.717, 1.165) is 49.6 Å². The van der Waals surface area contributed by atoms with Gasteiger partial charge in [-0.1, -0.05) is 19.1 Å². The zero-order valence-electron chi connectivity index (χ0n) is 13.5. The van der Waals surface area contributed by atoms with Gasteiger partial charge in [0.15, 0.2) is 9.84 Å². The highest BCUT2D eigenvalue weighted by Gasteiger charge is 2.21. The van der Waals surface area contributed by atoms with Crippen molar-refractivity contribution < 1.29 is 8.42 Å². The molecule has 2 heterocycles. The molecule has 2 aromatic rings. The number of nitrogens with zero attached hydrogens (tertiary/aromatic N) is 3. The van der Waals surface area contributed by atoms with Crippen LogP contribution in [0.2, 0.25) is 0 Å². The number of aromatic nitrogens is 3. The van der Waals surface area contributed by atoms with Crippen molar-refractivity contribution in [2.75, 3.05) is 6.26 Å². The summed E-state index contributed by atoms with van der Waals surface area (Å²) in [6.45, 7) is 3.72. The van der Waals surface area contributed by atoms with Gasteiger partial charge in [0, 0.05) is 38.2 Å². The molecule has 0 aliphatic carbocycles. The first kappa shape index (κ1) is 16.1. The average Bonchev–Trinajstić information content (AvgIpc) is 2.94. The van der Waals surface area contributed by atoms with Gasteiger partial charge in [-0.15, -0.1) is 10.2 Å². The zero-order chi connectivity index (χ0) is 16.4. The molecular formula is C16H22N4O2S. The second kappa shape index (κ2) is 6.41. The zero-order valence-corrected chi connectivity index (χ0v) is 14.3. The van der Waals surface area contributed by atoms with Crippen LogP contribution >= 0.6 is 0 Å². The largest absolute Gasteiger partial charge is 0.313 e. The van der Waals surface area contributed by atoms with Crippen LogP contribution in [0.15, 0.2) is 29.2 Å². The fourth-order valence-corrected chi connectivity index (χ4v) is 3.56. The Morgan fingerprint density at radius 1 is 1.26 bits per heavy atom. The Morgan fingerprint density at radius 2 is 2.00 bits per heavy atom. The van der Waals surface area contributed by atoms with Gasteiger partial charge in [0.2, 0.25) is 0 Å². The molecular weight excluding hydrogens is 312 g/mol. The highest BCUT2D eigenvalue weighted by molar-refractivity contribution is 7.90. The first-order valence-electron chi connectivity index (χ1n) is 7.90. The molecule has 23 heavy (non-hydrogen) atoms. The molecule has 124 valence electrons. The summed E-state index contributed by atoms with van der Waals surface area (Å²) in [6.07, 6.45) is 4.11. The molecule has 1 unspecified atom stereocenters. The fourth-order valence-electron chi connectivity index (χ4n) is 2.93. The Bertz CT molecular complexity index is 767. The monoisotopic (exact) mass is 334 g/mol. The molecule has 6 nitrogen and oxygen atoms in total. The van der Waals surface area contributed by atoms with Gasteiger partial charge < -0.3 is 9.88 Å². The lowest BCUT2D eigenvalue weighted by Crippen LogP contribution is -2.37. The average molecular weight is 334 g/mol. The van der Waals surface area contributed by atoms with Crippen LogP contribution in [0.25, 0.3) is 0 Å². The van der Waals surface area contributed by atoms with Crippen molar-refractivity contribution in [3.63, 3.8) is 0 Å². The molecule has 1 N–H and O–H groups in total. The lowest BCUT2D eigenvalue weighted by molar-refractivity contribution is 0.373. The summed E-state index contributed by atoms with van der Waals surface area (Å²) in [5.74, 6) is 2.13. The molecule has 0 bridgehead atoms. The smallest absolute Gasteiger partial charge is 0.175 e. The lowest BCUT2D eigenvalue weighted by atomic mass is 10.1. The molecule has 7 heteroatoms. The molecule has 1 aromatic heterocycles. The van der Waals surface area contributed by atoms with Crippen molar-refractivity contribution in [2.45, 2.75) is 50.2 Å². The summed E-state index contributed by atoms with van der Waals surface area (Å²) in [4.78, 5) is 0.362. The van der Waals surface area contributed by atoms with Gasteiger partial charge in [0.1, 0.15) is 11.6 Å². The van der Waals surface area contributed by atoms with Gasteiger partial charge >= 0.3 is 0 Å². The number of sulfone groups is 1. The molecule has 0 spiro atoms. The van der Waals surface area contributed by atoms with Crippen molar-refractivity contribution in [3.8, 4) is 0 Å². The predicted molar refractivity (Wildman–Crippen MR) is 87.9 cm³/mol. The van der Waals surface area contributed by atoms with E-state index in [1.165, 1.54) is 6.26 Å². The van der Waals surface area contributed by atoms with Crippen molar-refractivity contribution in [2.24, 2.45) is 0 Å². The van der Waals surface area contributed by atoms with Gasteiger partial charge in [-0.3, -0.25) is 0 Å². The number of nitrogens with one attached hydrogen (secondary N) is 1. The molecule has 0 saturated carbocycles. The Balaban J connectivity index is 1.61. The molecule has 1 aliphatic rings. The van der Waals surface area contributed by atoms with E-state index in [9.17, 15) is 8.42 Å². The summed E-state index contributed by atoms with van der Waals surface area (Å²) in [5.41, 5.74) is 1.09. The number of hydrogen-bond donors (Lipinski definition) is 1. The topological polar surface area (TPSA) is 76.9 Å². The minimum atomic E-state index is -3.13. The summed E-state index contributed by atoms with van der Waals surface area (Å²) >= 11 is 0. The molecule has 0 amide bonds. The molecule has 0 saturated heterocycles. The molecule has 1 aliphatic heterocycles.